The van der Waals surface area contributed by atoms with Gasteiger partial charge in [-0.3, -0.25) is 10.1 Å². The minimum Gasteiger partial charge on any atom is -0.277 e. The molecule has 0 saturated heterocycles. The molecule has 0 aliphatic heterocycles. The van der Waals surface area contributed by atoms with Crippen LogP contribution in [0, 0.1) is 20.8 Å². The average molecular weight is 237 g/mol. The van der Waals surface area contributed by atoms with Gasteiger partial charge in [0.05, 0.1) is 5.52 Å². The third kappa shape index (κ3) is 1.68. The van der Waals surface area contributed by atoms with E-state index in [-0.39, 0.29) is 0 Å². The summed E-state index contributed by atoms with van der Waals surface area (Å²) in [6.07, 6.45) is 0. The summed E-state index contributed by atoms with van der Waals surface area (Å²) in [4.78, 5) is 4.52. The van der Waals surface area contributed by atoms with Gasteiger partial charge in [-0.05, 0) is 26.8 Å². The summed E-state index contributed by atoms with van der Waals surface area (Å²) in [7, 11) is 0. The number of hydrogen-bond acceptors (Lipinski definition) is 2. The minimum atomic E-state index is 0.981. The van der Waals surface area contributed by atoms with Gasteiger partial charge in [0.25, 0.3) is 0 Å². The summed E-state index contributed by atoms with van der Waals surface area (Å²) in [5, 5.41) is 8.64. The van der Waals surface area contributed by atoms with Crippen molar-refractivity contribution in [3.05, 3.63) is 47.3 Å². The molecule has 90 valence electrons. The van der Waals surface area contributed by atoms with Crippen LogP contribution in [0.2, 0.25) is 0 Å². The SMILES string of the molecule is Cc1ccc(-c2n[nH]c3cc(C)nc(C)c23)cc1. The number of rotatable bonds is 1. The first-order chi connectivity index (χ1) is 8.65. The number of pyridine rings is 1. The van der Waals surface area contributed by atoms with Crippen LogP contribution in [0.15, 0.2) is 30.3 Å². The highest BCUT2D eigenvalue weighted by Gasteiger charge is 2.11. The first-order valence-electron chi connectivity index (χ1n) is 6.04. The van der Waals surface area contributed by atoms with E-state index in [4.69, 9.17) is 0 Å². The molecule has 0 aliphatic carbocycles. The highest BCUT2D eigenvalue weighted by Crippen LogP contribution is 2.28. The van der Waals surface area contributed by atoms with Crippen LogP contribution in [0.3, 0.4) is 0 Å². The molecule has 3 nitrogen and oxygen atoms in total. The molecule has 0 spiro atoms. The van der Waals surface area contributed by atoms with Gasteiger partial charge in [-0.15, -0.1) is 0 Å². The first kappa shape index (κ1) is 11.0. The molecule has 0 fully saturated rings. The van der Waals surface area contributed by atoms with E-state index in [1.165, 1.54) is 5.56 Å². The molecule has 0 amide bonds. The summed E-state index contributed by atoms with van der Waals surface area (Å²) in [5.74, 6) is 0. The Morgan fingerprint density at radius 2 is 1.72 bits per heavy atom. The molecule has 0 atom stereocenters. The fourth-order valence-corrected chi connectivity index (χ4v) is 2.31. The van der Waals surface area contributed by atoms with E-state index in [1.54, 1.807) is 0 Å². The second-order valence-electron chi connectivity index (χ2n) is 4.71. The number of nitrogens with zero attached hydrogens (tertiary/aromatic N) is 2. The maximum Gasteiger partial charge on any atom is 0.102 e. The van der Waals surface area contributed by atoms with E-state index >= 15 is 0 Å². The predicted molar refractivity (Wildman–Crippen MR) is 73.5 cm³/mol. The second-order valence-corrected chi connectivity index (χ2v) is 4.71. The largest absolute Gasteiger partial charge is 0.277 e. The highest BCUT2D eigenvalue weighted by molar-refractivity contribution is 5.94. The molecule has 0 bridgehead atoms. The zero-order chi connectivity index (χ0) is 12.7. The maximum absolute atomic E-state index is 4.52. The van der Waals surface area contributed by atoms with Gasteiger partial charge < -0.3 is 0 Å². The van der Waals surface area contributed by atoms with Gasteiger partial charge in [-0.2, -0.15) is 5.10 Å². The molecule has 0 saturated carbocycles. The van der Waals surface area contributed by atoms with Gasteiger partial charge in [0.2, 0.25) is 0 Å². The fraction of sp³-hybridized carbons (Fsp3) is 0.200. The van der Waals surface area contributed by atoms with Crippen molar-refractivity contribution in [3.63, 3.8) is 0 Å². The van der Waals surface area contributed by atoms with Crippen molar-refractivity contribution in [3.8, 4) is 11.3 Å². The van der Waals surface area contributed by atoms with Crippen molar-refractivity contribution in [2.24, 2.45) is 0 Å². The number of aromatic amines is 1. The van der Waals surface area contributed by atoms with Crippen molar-refractivity contribution in [1.82, 2.24) is 15.2 Å². The predicted octanol–water partition coefficient (Wildman–Crippen LogP) is 3.55. The van der Waals surface area contributed by atoms with Crippen LogP contribution in [0.4, 0.5) is 0 Å². The van der Waals surface area contributed by atoms with Crippen LogP contribution >= 0.6 is 0 Å². The van der Waals surface area contributed by atoms with Crippen LogP contribution < -0.4 is 0 Å². The molecule has 1 N–H and O–H groups in total. The number of H-pyrrole nitrogens is 1. The Morgan fingerprint density at radius 3 is 2.44 bits per heavy atom. The maximum atomic E-state index is 4.52. The Balaban J connectivity index is 2.27. The first-order valence-corrected chi connectivity index (χ1v) is 6.04. The van der Waals surface area contributed by atoms with Crippen molar-refractivity contribution in [1.29, 1.82) is 0 Å². The molecule has 0 aliphatic rings. The standard InChI is InChI=1S/C15H15N3/c1-9-4-6-12(7-5-9)15-14-11(3)16-10(2)8-13(14)17-18-15/h4-8H,1-3H3,(H,17,18). The van der Waals surface area contributed by atoms with E-state index in [0.29, 0.717) is 0 Å². The smallest absolute Gasteiger partial charge is 0.102 e. The van der Waals surface area contributed by atoms with Crippen LogP contribution in [-0.4, -0.2) is 15.2 Å². The molecule has 1 aromatic carbocycles. The number of nitrogens with one attached hydrogen (secondary N) is 1. The Kier molecular flexibility index (Phi) is 2.40. The average Bonchev–Trinajstić information content (AvgIpc) is 2.74. The lowest BCUT2D eigenvalue weighted by molar-refractivity contribution is 1.12. The topological polar surface area (TPSA) is 41.6 Å². The molecule has 3 rings (SSSR count). The van der Waals surface area contributed by atoms with E-state index in [0.717, 1.165) is 33.5 Å². The van der Waals surface area contributed by atoms with Crippen LogP contribution in [-0.2, 0) is 0 Å². The van der Waals surface area contributed by atoms with Gasteiger partial charge in [-0.1, -0.05) is 29.8 Å². The molecule has 0 radical (unpaired) electrons. The lowest BCUT2D eigenvalue weighted by atomic mass is 10.1. The minimum absolute atomic E-state index is 0.981. The molecule has 3 heteroatoms. The van der Waals surface area contributed by atoms with Gasteiger partial charge >= 0.3 is 0 Å². The zero-order valence-electron chi connectivity index (χ0n) is 10.8. The Hall–Kier alpha value is -2.16. The van der Waals surface area contributed by atoms with E-state index in [9.17, 15) is 0 Å². The molecular weight excluding hydrogens is 222 g/mol. The quantitative estimate of drug-likeness (QED) is 0.703. The van der Waals surface area contributed by atoms with Crippen molar-refractivity contribution >= 4 is 10.9 Å². The summed E-state index contributed by atoms with van der Waals surface area (Å²) in [6.45, 7) is 6.12. The molecular formula is C15H15N3. The highest BCUT2D eigenvalue weighted by atomic mass is 15.1. The summed E-state index contributed by atoms with van der Waals surface area (Å²) < 4.78 is 0. The third-order valence-corrected chi connectivity index (χ3v) is 3.18. The number of aryl methyl sites for hydroxylation is 3. The summed E-state index contributed by atoms with van der Waals surface area (Å²) in [5.41, 5.74) is 6.45. The number of aromatic nitrogens is 3. The van der Waals surface area contributed by atoms with Crippen molar-refractivity contribution in [2.45, 2.75) is 20.8 Å². The van der Waals surface area contributed by atoms with Gasteiger partial charge in [0.15, 0.2) is 0 Å². The monoisotopic (exact) mass is 237 g/mol. The molecule has 3 aromatic rings. The van der Waals surface area contributed by atoms with Crippen molar-refractivity contribution in [2.75, 3.05) is 0 Å². The van der Waals surface area contributed by atoms with Crippen molar-refractivity contribution < 1.29 is 0 Å². The molecule has 2 heterocycles. The summed E-state index contributed by atoms with van der Waals surface area (Å²) in [6, 6.07) is 10.4. The zero-order valence-corrected chi connectivity index (χ0v) is 10.8. The molecule has 0 unspecified atom stereocenters. The van der Waals surface area contributed by atoms with Crippen LogP contribution in [0.5, 0.6) is 0 Å². The van der Waals surface area contributed by atoms with Crippen LogP contribution in [0.25, 0.3) is 22.2 Å². The van der Waals surface area contributed by atoms with Gasteiger partial charge in [-0.25, -0.2) is 0 Å². The molecule has 18 heavy (non-hydrogen) atoms. The number of benzene rings is 1. The van der Waals surface area contributed by atoms with E-state index in [1.807, 2.05) is 19.9 Å². The van der Waals surface area contributed by atoms with Gasteiger partial charge in [0.1, 0.15) is 5.69 Å². The second kappa shape index (κ2) is 3.95. The van der Waals surface area contributed by atoms with Crippen LogP contribution in [0.1, 0.15) is 17.0 Å². The Bertz CT molecular complexity index is 708. The lowest BCUT2D eigenvalue weighted by Gasteiger charge is -2.02. The fourth-order valence-electron chi connectivity index (χ4n) is 2.31. The third-order valence-electron chi connectivity index (χ3n) is 3.18. The number of fused-ring (bicyclic) bond motifs is 1. The Labute approximate surface area is 106 Å². The lowest BCUT2D eigenvalue weighted by Crippen LogP contribution is -1.88. The molecule has 2 aromatic heterocycles. The Morgan fingerprint density at radius 1 is 1.00 bits per heavy atom. The van der Waals surface area contributed by atoms with Gasteiger partial charge in [0, 0.05) is 22.3 Å². The normalized spacial score (nSPS) is 11.1. The summed E-state index contributed by atoms with van der Waals surface area (Å²) >= 11 is 0. The van der Waals surface area contributed by atoms with E-state index in [2.05, 4.69) is 46.4 Å². The van der Waals surface area contributed by atoms with E-state index < -0.39 is 0 Å². The number of hydrogen-bond donors (Lipinski definition) is 1.